The molecule has 0 bridgehead atoms. The summed E-state index contributed by atoms with van der Waals surface area (Å²) in [4.78, 5) is 15.6. The second-order valence-electron chi connectivity index (χ2n) is 4.59. The molecule has 1 aromatic heterocycles. The van der Waals surface area contributed by atoms with Crippen molar-refractivity contribution < 1.29 is 9.90 Å². The van der Waals surface area contributed by atoms with Gasteiger partial charge in [-0.3, -0.25) is 9.78 Å². The van der Waals surface area contributed by atoms with Gasteiger partial charge in [0.15, 0.2) is 0 Å². The molecular weight excluding hydrogens is 216 g/mol. The molecule has 1 rings (SSSR count). The first kappa shape index (κ1) is 13.6. The second-order valence-corrected chi connectivity index (χ2v) is 4.59. The average molecular weight is 236 g/mol. The van der Waals surface area contributed by atoms with Crippen molar-refractivity contribution in [2.75, 3.05) is 0 Å². The Balaban J connectivity index is 2.47. The molecule has 0 aromatic carbocycles. The van der Waals surface area contributed by atoms with E-state index < -0.39 is 6.10 Å². The number of nitrogens with zero attached hydrogens (tertiary/aromatic N) is 1. The summed E-state index contributed by atoms with van der Waals surface area (Å²) >= 11 is 0. The Morgan fingerprint density at radius 3 is 2.47 bits per heavy atom. The molecule has 0 saturated carbocycles. The third kappa shape index (κ3) is 4.53. The van der Waals surface area contributed by atoms with Crippen molar-refractivity contribution in [1.29, 1.82) is 0 Å². The first-order valence-electron chi connectivity index (χ1n) is 5.88. The molecular formula is C13H20N2O2. The minimum atomic E-state index is -0.584. The zero-order valence-electron chi connectivity index (χ0n) is 10.6. The molecule has 4 heteroatoms. The van der Waals surface area contributed by atoms with Crippen LogP contribution in [0.1, 0.15) is 38.8 Å². The summed E-state index contributed by atoms with van der Waals surface area (Å²) in [6.07, 6.45) is 2.95. The Morgan fingerprint density at radius 1 is 1.35 bits per heavy atom. The minimum absolute atomic E-state index is 0.0649. The van der Waals surface area contributed by atoms with Gasteiger partial charge in [-0.1, -0.05) is 13.8 Å². The fourth-order valence-electron chi connectivity index (χ4n) is 1.46. The molecule has 1 heterocycles. The number of aliphatic hydroxyl groups is 1. The van der Waals surface area contributed by atoms with Crippen LogP contribution in [0.15, 0.2) is 24.5 Å². The summed E-state index contributed by atoms with van der Waals surface area (Å²) in [5.41, 5.74) is 1.01. The number of carbonyl (C=O) groups excluding carboxylic acids is 1. The molecule has 0 saturated heterocycles. The molecule has 94 valence electrons. The Hall–Kier alpha value is -1.42. The predicted octanol–water partition coefficient (Wildman–Crippen LogP) is 1.67. The normalized spacial score (nSPS) is 14.4. The summed E-state index contributed by atoms with van der Waals surface area (Å²) in [5, 5.41) is 12.5. The molecule has 0 aliphatic rings. The maximum atomic E-state index is 11.7. The van der Waals surface area contributed by atoms with E-state index in [0.29, 0.717) is 0 Å². The number of carbonyl (C=O) groups is 1. The molecule has 0 radical (unpaired) electrons. The third-order valence-corrected chi connectivity index (χ3v) is 2.75. The van der Waals surface area contributed by atoms with E-state index in [1.54, 1.807) is 12.4 Å². The van der Waals surface area contributed by atoms with Crippen molar-refractivity contribution >= 4 is 5.91 Å². The lowest BCUT2D eigenvalue weighted by molar-refractivity contribution is -0.124. The number of amides is 1. The highest BCUT2D eigenvalue weighted by Gasteiger charge is 2.16. The Labute approximate surface area is 102 Å². The lowest BCUT2D eigenvalue weighted by Gasteiger charge is -2.17. The van der Waals surface area contributed by atoms with Crippen LogP contribution in [0.2, 0.25) is 0 Å². The van der Waals surface area contributed by atoms with Gasteiger partial charge in [0, 0.05) is 12.4 Å². The first-order chi connectivity index (χ1) is 8.00. The van der Waals surface area contributed by atoms with Crippen LogP contribution in [0.5, 0.6) is 0 Å². The van der Waals surface area contributed by atoms with Gasteiger partial charge in [0.25, 0.3) is 0 Å². The monoisotopic (exact) mass is 236 g/mol. The van der Waals surface area contributed by atoms with Crippen LogP contribution in [0, 0.1) is 5.92 Å². The maximum Gasteiger partial charge on any atom is 0.223 e. The number of hydrogen-bond donors (Lipinski definition) is 2. The van der Waals surface area contributed by atoms with E-state index in [1.807, 2.05) is 32.9 Å². The summed E-state index contributed by atoms with van der Waals surface area (Å²) in [6, 6.07) is 3.66. The molecule has 1 amide bonds. The standard InChI is InChI=1S/C13H20N2O2/c1-9(2)12(16)8-13(17)15-10(3)11-4-6-14-7-5-11/h4-7,9-10,12,16H,8H2,1-3H3,(H,15,17). The summed E-state index contributed by atoms with van der Waals surface area (Å²) < 4.78 is 0. The van der Waals surface area contributed by atoms with E-state index in [-0.39, 0.29) is 24.3 Å². The molecule has 0 aliphatic carbocycles. The van der Waals surface area contributed by atoms with Gasteiger partial charge in [0.1, 0.15) is 0 Å². The van der Waals surface area contributed by atoms with Crippen LogP contribution in [0.25, 0.3) is 0 Å². The van der Waals surface area contributed by atoms with Crippen molar-refractivity contribution in [1.82, 2.24) is 10.3 Å². The quantitative estimate of drug-likeness (QED) is 0.817. The Bertz CT molecular complexity index is 352. The molecule has 2 N–H and O–H groups in total. The van der Waals surface area contributed by atoms with E-state index >= 15 is 0 Å². The largest absolute Gasteiger partial charge is 0.392 e. The first-order valence-corrected chi connectivity index (χ1v) is 5.88. The van der Waals surface area contributed by atoms with Gasteiger partial charge in [-0.25, -0.2) is 0 Å². The van der Waals surface area contributed by atoms with Gasteiger partial charge in [-0.2, -0.15) is 0 Å². The van der Waals surface area contributed by atoms with Crippen LogP contribution in [-0.4, -0.2) is 22.1 Å². The van der Waals surface area contributed by atoms with Gasteiger partial charge in [-0.05, 0) is 30.5 Å². The molecule has 1 aromatic rings. The smallest absolute Gasteiger partial charge is 0.223 e. The molecule has 2 unspecified atom stereocenters. The molecule has 0 fully saturated rings. The molecule has 2 atom stereocenters. The van der Waals surface area contributed by atoms with Crippen molar-refractivity contribution in [2.24, 2.45) is 5.92 Å². The molecule has 0 aliphatic heterocycles. The number of pyridine rings is 1. The van der Waals surface area contributed by atoms with Gasteiger partial charge in [-0.15, -0.1) is 0 Å². The highest BCUT2D eigenvalue weighted by molar-refractivity contribution is 5.76. The van der Waals surface area contributed by atoms with Gasteiger partial charge in [0.2, 0.25) is 5.91 Å². The highest BCUT2D eigenvalue weighted by atomic mass is 16.3. The topological polar surface area (TPSA) is 62.2 Å². The average Bonchev–Trinajstić information content (AvgIpc) is 2.29. The Morgan fingerprint density at radius 2 is 1.94 bits per heavy atom. The number of nitrogens with one attached hydrogen (secondary N) is 1. The SMILES string of the molecule is CC(NC(=O)CC(O)C(C)C)c1ccncc1. The number of aromatic nitrogens is 1. The second kappa shape index (κ2) is 6.35. The maximum absolute atomic E-state index is 11.7. The number of hydrogen-bond acceptors (Lipinski definition) is 3. The predicted molar refractivity (Wildman–Crippen MR) is 66.3 cm³/mol. The van der Waals surface area contributed by atoms with E-state index in [4.69, 9.17) is 0 Å². The number of aliphatic hydroxyl groups excluding tert-OH is 1. The van der Waals surface area contributed by atoms with Crippen LogP contribution < -0.4 is 5.32 Å². The van der Waals surface area contributed by atoms with E-state index in [9.17, 15) is 9.90 Å². The third-order valence-electron chi connectivity index (χ3n) is 2.75. The molecule has 4 nitrogen and oxygen atoms in total. The van der Waals surface area contributed by atoms with E-state index in [0.717, 1.165) is 5.56 Å². The van der Waals surface area contributed by atoms with Crippen LogP contribution in [0.3, 0.4) is 0 Å². The summed E-state index contributed by atoms with van der Waals surface area (Å²) in [6.45, 7) is 5.70. The zero-order chi connectivity index (χ0) is 12.8. The van der Waals surface area contributed by atoms with Crippen molar-refractivity contribution in [3.8, 4) is 0 Å². The van der Waals surface area contributed by atoms with Crippen LogP contribution in [0.4, 0.5) is 0 Å². The fraction of sp³-hybridized carbons (Fsp3) is 0.538. The zero-order valence-corrected chi connectivity index (χ0v) is 10.6. The lowest BCUT2D eigenvalue weighted by atomic mass is 10.0. The van der Waals surface area contributed by atoms with Crippen molar-refractivity contribution in [2.45, 2.75) is 39.3 Å². The molecule has 17 heavy (non-hydrogen) atoms. The Kier molecular flexibility index (Phi) is 5.10. The van der Waals surface area contributed by atoms with E-state index in [2.05, 4.69) is 10.3 Å². The lowest BCUT2D eigenvalue weighted by Crippen LogP contribution is -2.31. The van der Waals surface area contributed by atoms with Crippen molar-refractivity contribution in [3.63, 3.8) is 0 Å². The number of rotatable bonds is 5. The van der Waals surface area contributed by atoms with Crippen LogP contribution in [-0.2, 0) is 4.79 Å². The summed E-state index contributed by atoms with van der Waals surface area (Å²) in [7, 11) is 0. The van der Waals surface area contributed by atoms with Gasteiger partial charge in [0.05, 0.1) is 18.6 Å². The minimum Gasteiger partial charge on any atom is -0.392 e. The van der Waals surface area contributed by atoms with Crippen molar-refractivity contribution in [3.05, 3.63) is 30.1 Å². The van der Waals surface area contributed by atoms with Gasteiger partial charge >= 0.3 is 0 Å². The highest BCUT2D eigenvalue weighted by Crippen LogP contribution is 2.11. The fourth-order valence-corrected chi connectivity index (χ4v) is 1.46. The van der Waals surface area contributed by atoms with E-state index in [1.165, 1.54) is 0 Å². The van der Waals surface area contributed by atoms with Crippen LogP contribution >= 0.6 is 0 Å². The molecule has 0 spiro atoms. The van der Waals surface area contributed by atoms with Gasteiger partial charge < -0.3 is 10.4 Å². The summed E-state index contributed by atoms with van der Waals surface area (Å²) in [5.74, 6) is -0.0347.